The zero-order chi connectivity index (χ0) is 19.0. The molecule has 27 heavy (non-hydrogen) atoms. The summed E-state index contributed by atoms with van der Waals surface area (Å²) in [4.78, 5) is 18.6. The lowest BCUT2D eigenvalue weighted by Crippen LogP contribution is -2.41. The Bertz CT molecular complexity index is 896. The van der Waals surface area contributed by atoms with Gasteiger partial charge in [0, 0.05) is 37.9 Å². The quantitative estimate of drug-likeness (QED) is 0.897. The van der Waals surface area contributed by atoms with Crippen LogP contribution in [0.5, 0.6) is 0 Å². The number of aryl methyl sites for hydroxylation is 1. The minimum atomic E-state index is -0.240. The largest absolute Gasteiger partial charge is 0.424 e. The standard InChI is InChI=1S/C20H21FN4O2/c1-12-23-18(11-22)20(27-12)25-7-5-13(6-8-25)19(26)24-17-10-16(17)14-3-2-4-15(21)9-14/h2-4,9,13,16-17H,5-8,10H2,1H3,(H,24,26). The SMILES string of the molecule is Cc1nc(C#N)c(N2CCC(C(=O)NC3CC3c3cccc(F)c3)CC2)o1. The number of halogens is 1. The van der Waals surface area contributed by atoms with E-state index in [2.05, 4.69) is 16.4 Å². The highest BCUT2D eigenvalue weighted by Gasteiger charge is 2.41. The molecule has 2 unspecified atom stereocenters. The van der Waals surface area contributed by atoms with Crippen LogP contribution in [-0.2, 0) is 4.79 Å². The fraction of sp³-hybridized carbons (Fsp3) is 0.450. The Kier molecular flexibility index (Phi) is 4.56. The summed E-state index contributed by atoms with van der Waals surface area (Å²) in [5.74, 6) is 0.953. The Hall–Kier alpha value is -2.88. The number of benzene rings is 1. The second kappa shape index (κ2) is 7.03. The Balaban J connectivity index is 1.30. The number of carbonyl (C=O) groups excluding carboxylic acids is 1. The number of anilines is 1. The maximum Gasteiger partial charge on any atom is 0.234 e. The van der Waals surface area contributed by atoms with E-state index in [9.17, 15) is 9.18 Å². The van der Waals surface area contributed by atoms with Gasteiger partial charge in [-0.25, -0.2) is 9.37 Å². The molecule has 1 N–H and O–H groups in total. The van der Waals surface area contributed by atoms with Crippen molar-refractivity contribution in [3.63, 3.8) is 0 Å². The van der Waals surface area contributed by atoms with Crippen molar-refractivity contribution >= 4 is 11.8 Å². The molecule has 2 aliphatic rings. The van der Waals surface area contributed by atoms with Crippen LogP contribution in [0.25, 0.3) is 0 Å². The Morgan fingerprint density at radius 3 is 2.89 bits per heavy atom. The minimum Gasteiger partial charge on any atom is -0.424 e. The molecule has 1 aliphatic carbocycles. The number of aromatic nitrogens is 1. The van der Waals surface area contributed by atoms with Crippen molar-refractivity contribution in [2.75, 3.05) is 18.0 Å². The third-order valence-corrected chi connectivity index (χ3v) is 5.37. The predicted molar refractivity (Wildman–Crippen MR) is 96.6 cm³/mol. The van der Waals surface area contributed by atoms with E-state index in [0.29, 0.717) is 43.4 Å². The van der Waals surface area contributed by atoms with Gasteiger partial charge in [-0.2, -0.15) is 5.26 Å². The first-order chi connectivity index (χ1) is 13.0. The van der Waals surface area contributed by atoms with Crippen LogP contribution in [0.4, 0.5) is 10.3 Å². The lowest BCUT2D eigenvalue weighted by atomic mass is 9.96. The van der Waals surface area contributed by atoms with Crippen molar-refractivity contribution in [2.24, 2.45) is 5.92 Å². The van der Waals surface area contributed by atoms with Gasteiger partial charge in [0.05, 0.1) is 0 Å². The minimum absolute atomic E-state index is 0.0513. The number of nitrogens with zero attached hydrogens (tertiary/aromatic N) is 3. The number of carbonyl (C=O) groups is 1. The van der Waals surface area contributed by atoms with Gasteiger partial charge in [-0.05, 0) is 37.0 Å². The molecule has 2 fully saturated rings. The number of oxazole rings is 1. The second-order valence-corrected chi connectivity index (χ2v) is 7.27. The summed E-state index contributed by atoms with van der Waals surface area (Å²) in [5, 5.41) is 12.3. The maximum absolute atomic E-state index is 13.3. The van der Waals surface area contributed by atoms with Crippen molar-refractivity contribution in [2.45, 2.75) is 38.1 Å². The van der Waals surface area contributed by atoms with E-state index in [0.717, 1.165) is 12.0 Å². The third kappa shape index (κ3) is 3.65. The molecule has 140 valence electrons. The van der Waals surface area contributed by atoms with Crippen LogP contribution in [0.1, 0.15) is 42.3 Å². The van der Waals surface area contributed by atoms with Crippen molar-refractivity contribution in [3.05, 3.63) is 47.2 Å². The summed E-state index contributed by atoms with van der Waals surface area (Å²) >= 11 is 0. The number of amides is 1. The summed E-state index contributed by atoms with van der Waals surface area (Å²) in [5.41, 5.74) is 1.24. The predicted octanol–water partition coefficient (Wildman–Crippen LogP) is 2.88. The molecule has 0 bridgehead atoms. The first kappa shape index (κ1) is 17.5. The van der Waals surface area contributed by atoms with Gasteiger partial charge in [0.2, 0.25) is 17.5 Å². The van der Waals surface area contributed by atoms with Gasteiger partial charge in [0.25, 0.3) is 0 Å². The van der Waals surface area contributed by atoms with Crippen LogP contribution < -0.4 is 10.2 Å². The van der Waals surface area contributed by atoms with Gasteiger partial charge in [0.1, 0.15) is 11.9 Å². The molecule has 1 saturated carbocycles. The van der Waals surface area contributed by atoms with Gasteiger partial charge in [-0.3, -0.25) is 4.79 Å². The van der Waals surface area contributed by atoms with Crippen LogP contribution in [-0.4, -0.2) is 30.0 Å². The van der Waals surface area contributed by atoms with Crippen molar-refractivity contribution in [3.8, 4) is 6.07 Å². The number of nitriles is 1. The van der Waals surface area contributed by atoms with Gasteiger partial charge >= 0.3 is 0 Å². The van der Waals surface area contributed by atoms with Crippen molar-refractivity contribution in [1.82, 2.24) is 10.3 Å². The first-order valence-electron chi connectivity index (χ1n) is 9.23. The summed E-state index contributed by atoms with van der Waals surface area (Å²) in [7, 11) is 0. The lowest BCUT2D eigenvalue weighted by molar-refractivity contribution is -0.125. The van der Waals surface area contributed by atoms with E-state index >= 15 is 0 Å². The van der Waals surface area contributed by atoms with E-state index < -0.39 is 0 Å². The van der Waals surface area contributed by atoms with Crippen molar-refractivity contribution in [1.29, 1.82) is 5.26 Å². The smallest absolute Gasteiger partial charge is 0.234 e. The van der Waals surface area contributed by atoms with E-state index in [1.165, 1.54) is 6.07 Å². The number of nitrogens with one attached hydrogen (secondary N) is 1. The first-order valence-corrected chi connectivity index (χ1v) is 9.23. The highest BCUT2D eigenvalue weighted by atomic mass is 19.1. The lowest BCUT2D eigenvalue weighted by Gasteiger charge is -2.31. The molecule has 0 spiro atoms. The van der Waals surface area contributed by atoms with Crippen LogP contribution in [0.2, 0.25) is 0 Å². The molecule has 4 rings (SSSR count). The normalized spacial score (nSPS) is 22.3. The summed E-state index contributed by atoms with van der Waals surface area (Å²) in [6.07, 6.45) is 2.26. The highest BCUT2D eigenvalue weighted by molar-refractivity contribution is 5.80. The molecule has 1 aromatic carbocycles. The molecule has 2 atom stereocenters. The average molecular weight is 368 g/mol. The third-order valence-electron chi connectivity index (χ3n) is 5.37. The fourth-order valence-corrected chi connectivity index (χ4v) is 3.81. The summed E-state index contributed by atoms with van der Waals surface area (Å²) < 4.78 is 18.9. The highest BCUT2D eigenvalue weighted by Crippen LogP contribution is 2.41. The number of rotatable bonds is 4. The molecule has 1 aliphatic heterocycles. The molecule has 6 nitrogen and oxygen atoms in total. The van der Waals surface area contributed by atoms with E-state index in [1.807, 2.05) is 11.0 Å². The zero-order valence-corrected chi connectivity index (χ0v) is 15.1. The molecule has 0 radical (unpaired) electrons. The molecular weight excluding hydrogens is 347 g/mol. The molecule has 1 aromatic heterocycles. The molecule has 2 aromatic rings. The molecule has 7 heteroatoms. The van der Waals surface area contributed by atoms with E-state index in [-0.39, 0.29) is 29.6 Å². The number of hydrogen-bond acceptors (Lipinski definition) is 5. The topological polar surface area (TPSA) is 82.2 Å². The Labute approximate surface area is 157 Å². The van der Waals surface area contributed by atoms with E-state index in [4.69, 9.17) is 9.68 Å². The molecule has 1 amide bonds. The zero-order valence-electron chi connectivity index (χ0n) is 15.1. The number of hydrogen-bond donors (Lipinski definition) is 1. The molecule has 2 heterocycles. The molecule has 1 saturated heterocycles. The van der Waals surface area contributed by atoms with Crippen LogP contribution >= 0.6 is 0 Å². The Morgan fingerprint density at radius 1 is 1.41 bits per heavy atom. The second-order valence-electron chi connectivity index (χ2n) is 7.27. The number of piperidine rings is 1. The maximum atomic E-state index is 13.3. The van der Waals surface area contributed by atoms with Crippen LogP contribution in [0.3, 0.4) is 0 Å². The van der Waals surface area contributed by atoms with Crippen LogP contribution in [0, 0.1) is 30.0 Å². The fourth-order valence-electron chi connectivity index (χ4n) is 3.81. The van der Waals surface area contributed by atoms with Gasteiger partial charge in [-0.1, -0.05) is 12.1 Å². The van der Waals surface area contributed by atoms with Gasteiger partial charge in [-0.15, -0.1) is 0 Å². The average Bonchev–Trinajstić information content (AvgIpc) is 3.33. The Morgan fingerprint density at radius 2 is 2.19 bits per heavy atom. The summed E-state index contributed by atoms with van der Waals surface area (Å²) in [6.45, 7) is 3.02. The van der Waals surface area contributed by atoms with Gasteiger partial charge < -0.3 is 14.6 Å². The van der Waals surface area contributed by atoms with Crippen LogP contribution in [0.15, 0.2) is 28.7 Å². The molecular formula is C20H21FN4O2. The van der Waals surface area contributed by atoms with E-state index in [1.54, 1.807) is 19.1 Å². The van der Waals surface area contributed by atoms with Crippen molar-refractivity contribution < 1.29 is 13.6 Å². The monoisotopic (exact) mass is 368 g/mol. The van der Waals surface area contributed by atoms with Gasteiger partial charge in [0.15, 0.2) is 5.89 Å². The summed E-state index contributed by atoms with van der Waals surface area (Å²) in [6, 6.07) is 8.74.